The number of pyridine rings is 1. The number of hydrogen-bond donors (Lipinski definition) is 1. The van der Waals surface area contributed by atoms with Crippen LogP contribution in [0.25, 0.3) is 16.9 Å². The number of carbonyl (C=O) groups excluding carboxylic acids is 1. The van der Waals surface area contributed by atoms with E-state index in [1.165, 1.54) is 0 Å². The van der Waals surface area contributed by atoms with Gasteiger partial charge in [-0.1, -0.05) is 12.1 Å². The van der Waals surface area contributed by atoms with E-state index in [0.29, 0.717) is 12.1 Å². The highest BCUT2D eigenvalue weighted by Gasteiger charge is 2.27. The molecule has 0 radical (unpaired) electrons. The highest BCUT2D eigenvalue weighted by Crippen LogP contribution is 2.27. The lowest BCUT2D eigenvalue weighted by Gasteiger charge is -2.31. The molecule has 5 rings (SSSR count). The van der Waals surface area contributed by atoms with Crippen molar-refractivity contribution in [2.45, 2.75) is 32.6 Å². The van der Waals surface area contributed by atoms with Gasteiger partial charge in [0.25, 0.3) is 5.91 Å². The van der Waals surface area contributed by atoms with Crippen molar-refractivity contribution in [1.29, 1.82) is 0 Å². The van der Waals surface area contributed by atoms with E-state index < -0.39 is 0 Å². The monoisotopic (exact) mass is 400 g/mol. The maximum absolute atomic E-state index is 13.1. The molecule has 0 bridgehead atoms. The van der Waals surface area contributed by atoms with E-state index in [2.05, 4.69) is 15.1 Å². The van der Waals surface area contributed by atoms with E-state index in [0.717, 1.165) is 53.4 Å². The number of nitrogens with one attached hydrogen (secondary N) is 1. The summed E-state index contributed by atoms with van der Waals surface area (Å²) in [5.41, 5.74) is 4.58. The third-order valence-electron chi connectivity index (χ3n) is 5.72. The van der Waals surface area contributed by atoms with Gasteiger partial charge in [-0.3, -0.25) is 4.79 Å². The van der Waals surface area contributed by atoms with E-state index >= 15 is 0 Å². The number of aryl methyl sites for hydroxylation is 2. The molecule has 1 saturated heterocycles. The van der Waals surface area contributed by atoms with Crippen LogP contribution in [0.3, 0.4) is 0 Å². The van der Waals surface area contributed by atoms with Gasteiger partial charge in [-0.2, -0.15) is 5.10 Å². The van der Waals surface area contributed by atoms with Crippen LogP contribution in [0.5, 0.6) is 0 Å². The van der Waals surface area contributed by atoms with Gasteiger partial charge in [0.2, 0.25) is 0 Å². The number of aromatic amines is 1. The van der Waals surface area contributed by atoms with Crippen LogP contribution in [-0.2, 0) is 0 Å². The van der Waals surface area contributed by atoms with E-state index in [9.17, 15) is 4.79 Å². The van der Waals surface area contributed by atoms with E-state index in [1.54, 1.807) is 10.9 Å². The zero-order chi connectivity index (χ0) is 20.7. The number of aromatic nitrogens is 5. The summed E-state index contributed by atoms with van der Waals surface area (Å²) in [6.45, 7) is 5.37. The Hall–Kier alpha value is -3.48. The van der Waals surface area contributed by atoms with Crippen LogP contribution in [0.1, 0.15) is 46.3 Å². The molecule has 30 heavy (non-hydrogen) atoms. The molecule has 1 aliphatic heterocycles. The van der Waals surface area contributed by atoms with Gasteiger partial charge in [-0.05, 0) is 57.0 Å². The van der Waals surface area contributed by atoms with Gasteiger partial charge in [0.15, 0.2) is 5.82 Å². The van der Waals surface area contributed by atoms with Gasteiger partial charge in [-0.15, -0.1) is 0 Å². The Bertz CT molecular complexity index is 1170. The SMILES string of the molecule is Cc1cc(C)n(-c2ccc(C(=O)N3CCCC(c4nc5ccccc5[nH]4)C3)cn2)n1. The quantitative estimate of drug-likeness (QED) is 0.568. The largest absolute Gasteiger partial charge is 0.342 e. The second-order valence-corrected chi connectivity index (χ2v) is 7.97. The molecule has 152 valence electrons. The molecular weight excluding hydrogens is 376 g/mol. The summed E-state index contributed by atoms with van der Waals surface area (Å²) < 4.78 is 1.79. The molecule has 1 N–H and O–H groups in total. The molecule has 1 atom stereocenters. The Balaban J connectivity index is 1.33. The lowest BCUT2D eigenvalue weighted by Crippen LogP contribution is -2.39. The molecule has 1 unspecified atom stereocenters. The molecule has 4 aromatic rings. The first-order valence-corrected chi connectivity index (χ1v) is 10.3. The number of carbonyl (C=O) groups is 1. The predicted molar refractivity (Wildman–Crippen MR) is 115 cm³/mol. The Morgan fingerprint density at radius 1 is 1.17 bits per heavy atom. The number of benzene rings is 1. The molecule has 7 heteroatoms. The summed E-state index contributed by atoms with van der Waals surface area (Å²) in [6, 6.07) is 13.7. The number of likely N-dealkylation sites (tertiary alicyclic amines) is 1. The van der Waals surface area contributed by atoms with Crippen molar-refractivity contribution in [2.24, 2.45) is 0 Å². The maximum Gasteiger partial charge on any atom is 0.255 e. The lowest BCUT2D eigenvalue weighted by atomic mass is 9.97. The molecule has 4 heterocycles. The Labute approximate surface area is 174 Å². The minimum atomic E-state index is 0.0169. The molecule has 1 aromatic carbocycles. The first kappa shape index (κ1) is 18.5. The Morgan fingerprint density at radius 2 is 2.03 bits per heavy atom. The van der Waals surface area contributed by atoms with Crippen LogP contribution in [-0.4, -0.2) is 48.6 Å². The van der Waals surface area contributed by atoms with Crippen LogP contribution < -0.4 is 0 Å². The average Bonchev–Trinajstić information content (AvgIpc) is 3.36. The number of para-hydroxylation sites is 2. The van der Waals surface area contributed by atoms with E-state index in [1.807, 2.05) is 61.2 Å². The van der Waals surface area contributed by atoms with Crippen LogP contribution in [0.4, 0.5) is 0 Å². The molecule has 3 aromatic heterocycles. The minimum absolute atomic E-state index is 0.0169. The van der Waals surface area contributed by atoms with Crippen molar-refractivity contribution in [2.75, 3.05) is 13.1 Å². The Kier molecular flexibility index (Phi) is 4.58. The number of piperidine rings is 1. The van der Waals surface area contributed by atoms with Gasteiger partial charge in [0, 0.05) is 30.9 Å². The van der Waals surface area contributed by atoms with Gasteiger partial charge in [-0.25, -0.2) is 14.6 Å². The smallest absolute Gasteiger partial charge is 0.255 e. The summed E-state index contributed by atoms with van der Waals surface area (Å²) in [5, 5.41) is 4.45. The number of imidazole rings is 1. The molecule has 0 saturated carbocycles. The normalized spacial score (nSPS) is 16.9. The molecule has 1 amide bonds. The third-order valence-corrected chi connectivity index (χ3v) is 5.72. The molecule has 7 nitrogen and oxygen atoms in total. The van der Waals surface area contributed by atoms with E-state index in [4.69, 9.17) is 4.98 Å². The highest BCUT2D eigenvalue weighted by molar-refractivity contribution is 5.94. The summed E-state index contributed by atoms with van der Waals surface area (Å²) in [5.74, 6) is 1.92. The zero-order valence-corrected chi connectivity index (χ0v) is 17.2. The predicted octanol–water partition coefficient (Wildman–Crippen LogP) is 3.78. The summed E-state index contributed by atoms with van der Waals surface area (Å²) in [7, 11) is 0. The van der Waals surface area contributed by atoms with Gasteiger partial charge in [0.05, 0.1) is 22.3 Å². The number of fused-ring (bicyclic) bond motifs is 1. The van der Waals surface area contributed by atoms with Gasteiger partial charge < -0.3 is 9.88 Å². The first-order valence-electron chi connectivity index (χ1n) is 10.3. The van der Waals surface area contributed by atoms with Crippen LogP contribution in [0.2, 0.25) is 0 Å². The van der Waals surface area contributed by atoms with Crippen molar-refractivity contribution in [3.8, 4) is 5.82 Å². The van der Waals surface area contributed by atoms with Gasteiger partial charge in [0.1, 0.15) is 5.82 Å². The molecule has 0 aliphatic carbocycles. The molecule has 1 aliphatic rings. The summed E-state index contributed by atoms with van der Waals surface area (Å²) in [6.07, 6.45) is 3.64. The van der Waals surface area contributed by atoms with Gasteiger partial charge >= 0.3 is 0 Å². The second kappa shape index (κ2) is 7.40. The number of H-pyrrole nitrogens is 1. The second-order valence-electron chi connectivity index (χ2n) is 7.97. The standard InChI is InChI=1S/C23H24N6O/c1-15-12-16(2)29(27-15)21-10-9-17(13-24-21)23(30)28-11-5-6-18(14-28)22-25-19-7-3-4-8-20(19)26-22/h3-4,7-10,12-13,18H,5-6,11,14H2,1-2H3,(H,25,26). The van der Waals surface area contributed by atoms with Crippen molar-refractivity contribution in [1.82, 2.24) is 29.6 Å². The topological polar surface area (TPSA) is 79.7 Å². The first-order chi connectivity index (χ1) is 14.6. The summed E-state index contributed by atoms with van der Waals surface area (Å²) >= 11 is 0. The fraction of sp³-hybridized carbons (Fsp3) is 0.304. The number of amides is 1. The van der Waals surface area contributed by atoms with Crippen molar-refractivity contribution in [3.63, 3.8) is 0 Å². The van der Waals surface area contributed by atoms with Crippen molar-refractivity contribution in [3.05, 3.63) is 71.4 Å². The molecule has 1 fully saturated rings. The fourth-order valence-electron chi connectivity index (χ4n) is 4.23. The third kappa shape index (κ3) is 3.36. The van der Waals surface area contributed by atoms with Crippen molar-refractivity contribution >= 4 is 16.9 Å². The number of rotatable bonds is 3. The summed E-state index contributed by atoms with van der Waals surface area (Å²) in [4.78, 5) is 27.7. The lowest BCUT2D eigenvalue weighted by molar-refractivity contribution is 0.0704. The fourth-order valence-corrected chi connectivity index (χ4v) is 4.23. The Morgan fingerprint density at radius 3 is 2.77 bits per heavy atom. The molecule has 0 spiro atoms. The molecular formula is C23H24N6O. The average molecular weight is 400 g/mol. The zero-order valence-electron chi connectivity index (χ0n) is 17.2. The number of nitrogens with zero attached hydrogens (tertiary/aromatic N) is 5. The van der Waals surface area contributed by atoms with Crippen LogP contribution in [0, 0.1) is 13.8 Å². The minimum Gasteiger partial charge on any atom is -0.342 e. The number of hydrogen-bond acceptors (Lipinski definition) is 4. The highest BCUT2D eigenvalue weighted by atomic mass is 16.2. The van der Waals surface area contributed by atoms with Crippen LogP contribution in [0.15, 0.2) is 48.7 Å². The van der Waals surface area contributed by atoms with Crippen LogP contribution >= 0.6 is 0 Å². The van der Waals surface area contributed by atoms with Crippen molar-refractivity contribution < 1.29 is 4.79 Å². The maximum atomic E-state index is 13.1. The van der Waals surface area contributed by atoms with E-state index in [-0.39, 0.29) is 11.8 Å².